The zero-order valence-electron chi connectivity index (χ0n) is 8.97. The minimum Gasteiger partial charge on any atom is -0.393 e. The lowest BCUT2D eigenvalue weighted by Gasteiger charge is -2.31. The highest BCUT2D eigenvalue weighted by Gasteiger charge is 2.26. The summed E-state index contributed by atoms with van der Waals surface area (Å²) in [6.07, 6.45) is 1.31. The lowest BCUT2D eigenvalue weighted by Crippen LogP contribution is -2.33. The largest absolute Gasteiger partial charge is 0.393 e. The number of nitro groups is 1. The molecule has 17 heavy (non-hydrogen) atoms. The van der Waals surface area contributed by atoms with E-state index in [2.05, 4.69) is 10.3 Å². The van der Waals surface area contributed by atoms with Crippen molar-refractivity contribution in [2.24, 2.45) is 5.92 Å². The Kier molecular flexibility index (Phi) is 3.44. The van der Waals surface area contributed by atoms with Crippen LogP contribution in [0.5, 0.6) is 0 Å². The summed E-state index contributed by atoms with van der Waals surface area (Å²) in [5.41, 5.74) is -0.0823. The smallest absolute Gasteiger partial charge is 0.276 e. The maximum Gasteiger partial charge on any atom is 0.276 e. The number of aliphatic hydroxyl groups is 1. The molecule has 0 aliphatic heterocycles. The molecular formula is C10H12ClN3O3. The van der Waals surface area contributed by atoms with Crippen molar-refractivity contribution < 1.29 is 10.0 Å². The van der Waals surface area contributed by atoms with Gasteiger partial charge in [0.05, 0.1) is 23.2 Å². The summed E-state index contributed by atoms with van der Waals surface area (Å²) in [6, 6.07) is 2.56. The number of nitrogens with zero attached hydrogens (tertiary/aromatic N) is 2. The van der Waals surface area contributed by atoms with Gasteiger partial charge in [0, 0.05) is 6.54 Å². The first-order valence-corrected chi connectivity index (χ1v) is 5.66. The molecule has 2 N–H and O–H groups in total. The van der Waals surface area contributed by atoms with E-state index in [0.717, 1.165) is 12.8 Å². The monoisotopic (exact) mass is 257 g/mol. The van der Waals surface area contributed by atoms with Crippen LogP contribution in [-0.4, -0.2) is 27.7 Å². The van der Waals surface area contributed by atoms with Gasteiger partial charge in [-0.25, -0.2) is 4.98 Å². The highest BCUT2D eigenvalue weighted by molar-refractivity contribution is 6.29. The molecule has 2 rings (SSSR count). The molecule has 1 fully saturated rings. The van der Waals surface area contributed by atoms with Crippen molar-refractivity contribution in [1.29, 1.82) is 0 Å². The van der Waals surface area contributed by atoms with Crippen LogP contribution in [0.25, 0.3) is 0 Å². The minimum absolute atomic E-state index is 0.0823. The molecule has 1 aliphatic carbocycles. The number of hydrogen-bond donors (Lipinski definition) is 2. The van der Waals surface area contributed by atoms with Crippen LogP contribution in [0.15, 0.2) is 12.1 Å². The first-order chi connectivity index (χ1) is 8.04. The molecule has 0 atom stereocenters. The van der Waals surface area contributed by atoms with Crippen molar-refractivity contribution in [3.05, 3.63) is 27.4 Å². The van der Waals surface area contributed by atoms with Gasteiger partial charge in [0.2, 0.25) is 0 Å². The second-order valence-electron chi connectivity index (χ2n) is 4.16. The molecule has 0 spiro atoms. The van der Waals surface area contributed by atoms with E-state index in [4.69, 9.17) is 16.7 Å². The summed E-state index contributed by atoms with van der Waals surface area (Å²) < 4.78 is 0. The van der Waals surface area contributed by atoms with Crippen LogP contribution in [0, 0.1) is 16.0 Å². The minimum atomic E-state index is -0.508. The van der Waals surface area contributed by atoms with Crippen LogP contribution in [0.2, 0.25) is 5.15 Å². The molecule has 0 radical (unpaired) electrons. The average molecular weight is 258 g/mol. The fourth-order valence-corrected chi connectivity index (χ4v) is 2.00. The molecule has 0 saturated heterocycles. The van der Waals surface area contributed by atoms with Gasteiger partial charge in [0.1, 0.15) is 11.0 Å². The van der Waals surface area contributed by atoms with Gasteiger partial charge in [-0.05, 0) is 18.8 Å². The Balaban J connectivity index is 1.98. The normalized spacial score (nSPS) is 22.9. The quantitative estimate of drug-likeness (QED) is 0.488. The maximum atomic E-state index is 10.6. The van der Waals surface area contributed by atoms with Crippen molar-refractivity contribution in [2.75, 3.05) is 11.9 Å². The zero-order chi connectivity index (χ0) is 12.4. The topological polar surface area (TPSA) is 88.3 Å². The van der Waals surface area contributed by atoms with Gasteiger partial charge in [-0.1, -0.05) is 11.6 Å². The van der Waals surface area contributed by atoms with E-state index in [0.29, 0.717) is 18.3 Å². The molecule has 6 nitrogen and oxygen atoms in total. The Labute approximate surface area is 103 Å². The fourth-order valence-electron chi connectivity index (χ4n) is 1.80. The summed E-state index contributed by atoms with van der Waals surface area (Å²) in [7, 11) is 0. The number of halogens is 1. The third kappa shape index (κ3) is 3.04. The van der Waals surface area contributed by atoms with Gasteiger partial charge in [0.15, 0.2) is 0 Å². The summed E-state index contributed by atoms with van der Waals surface area (Å²) >= 11 is 5.68. The second kappa shape index (κ2) is 4.85. The Morgan fingerprint density at radius 3 is 2.88 bits per heavy atom. The second-order valence-corrected chi connectivity index (χ2v) is 4.55. The Morgan fingerprint density at radius 2 is 2.29 bits per heavy atom. The van der Waals surface area contributed by atoms with Gasteiger partial charge < -0.3 is 10.4 Å². The van der Waals surface area contributed by atoms with E-state index in [1.54, 1.807) is 0 Å². The molecule has 92 valence electrons. The van der Waals surface area contributed by atoms with Gasteiger partial charge in [-0.15, -0.1) is 0 Å². The molecule has 1 saturated carbocycles. The first kappa shape index (κ1) is 12.1. The Morgan fingerprint density at radius 1 is 1.59 bits per heavy atom. The van der Waals surface area contributed by atoms with Gasteiger partial charge in [-0.2, -0.15) is 0 Å². The summed E-state index contributed by atoms with van der Waals surface area (Å²) in [4.78, 5) is 14.1. The van der Waals surface area contributed by atoms with Crippen molar-refractivity contribution >= 4 is 23.1 Å². The third-order valence-electron chi connectivity index (χ3n) is 2.77. The molecule has 1 aliphatic rings. The molecule has 1 aromatic rings. The maximum absolute atomic E-state index is 10.6. The average Bonchev–Trinajstić information content (AvgIpc) is 2.22. The van der Waals surface area contributed by atoms with Crippen molar-refractivity contribution in [3.8, 4) is 0 Å². The number of nitrogens with one attached hydrogen (secondary N) is 1. The van der Waals surface area contributed by atoms with E-state index in [1.165, 1.54) is 12.1 Å². The molecule has 7 heteroatoms. The van der Waals surface area contributed by atoms with Crippen LogP contribution >= 0.6 is 11.6 Å². The number of aromatic nitrogens is 1. The zero-order valence-corrected chi connectivity index (χ0v) is 9.72. The van der Waals surface area contributed by atoms with Gasteiger partial charge in [-0.3, -0.25) is 10.1 Å². The molecular weight excluding hydrogens is 246 g/mol. The molecule has 1 aromatic heterocycles. The summed E-state index contributed by atoms with van der Waals surface area (Å²) in [6.45, 7) is 0.640. The third-order valence-corrected chi connectivity index (χ3v) is 2.97. The van der Waals surface area contributed by atoms with Crippen molar-refractivity contribution in [1.82, 2.24) is 4.98 Å². The van der Waals surface area contributed by atoms with E-state index in [-0.39, 0.29) is 16.9 Å². The highest BCUT2D eigenvalue weighted by atomic mass is 35.5. The molecule has 0 unspecified atom stereocenters. The molecule has 0 bridgehead atoms. The highest BCUT2D eigenvalue weighted by Crippen LogP contribution is 2.28. The Hall–Kier alpha value is -1.40. The lowest BCUT2D eigenvalue weighted by molar-refractivity contribution is -0.384. The summed E-state index contributed by atoms with van der Waals surface area (Å²) in [5, 5.41) is 22.8. The predicted octanol–water partition coefficient (Wildman–Crippen LogP) is 1.83. The number of aliphatic hydroxyl groups excluding tert-OH is 1. The van der Waals surface area contributed by atoms with E-state index < -0.39 is 4.92 Å². The van der Waals surface area contributed by atoms with Gasteiger partial charge >= 0.3 is 0 Å². The number of rotatable bonds is 4. The van der Waals surface area contributed by atoms with Crippen molar-refractivity contribution in [2.45, 2.75) is 18.9 Å². The van der Waals surface area contributed by atoms with Crippen LogP contribution in [-0.2, 0) is 0 Å². The van der Waals surface area contributed by atoms with Crippen LogP contribution in [0.1, 0.15) is 12.8 Å². The predicted molar refractivity (Wildman–Crippen MR) is 63.1 cm³/mol. The van der Waals surface area contributed by atoms with Gasteiger partial charge in [0.25, 0.3) is 5.69 Å². The summed E-state index contributed by atoms with van der Waals surface area (Å²) in [5.74, 6) is 0.787. The lowest BCUT2D eigenvalue weighted by atomic mass is 9.82. The van der Waals surface area contributed by atoms with E-state index >= 15 is 0 Å². The first-order valence-electron chi connectivity index (χ1n) is 5.28. The number of hydrogen-bond acceptors (Lipinski definition) is 5. The number of pyridine rings is 1. The molecule has 0 aromatic carbocycles. The van der Waals surface area contributed by atoms with Crippen LogP contribution in [0.3, 0.4) is 0 Å². The van der Waals surface area contributed by atoms with Crippen LogP contribution < -0.4 is 5.32 Å². The fraction of sp³-hybridized carbons (Fsp3) is 0.500. The number of anilines is 1. The standard InChI is InChI=1S/C10H12ClN3O3/c11-9-3-7(14(16)17)4-10(13-9)12-5-6-1-8(15)2-6/h3-4,6,8,15H,1-2,5H2,(H,12,13). The SMILES string of the molecule is O=[N+]([O-])c1cc(Cl)nc(NCC2CC(O)C2)c1. The van der Waals surface area contributed by atoms with Crippen molar-refractivity contribution in [3.63, 3.8) is 0 Å². The molecule has 0 amide bonds. The van der Waals surface area contributed by atoms with Crippen LogP contribution in [0.4, 0.5) is 11.5 Å². The van der Waals surface area contributed by atoms with E-state index in [1.807, 2.05) is 0 Å². The molecule has 1 heterocycles. The Bertz CT molecular complexity index is 435. The van der Waals surface area contributed by atoms with E-state index in [9.17, 15) is 10.1 Å².